The van der Waals surface area contributed by atoms with Crippen molar-refractivity contribution in [1.82, 2.24) is 9.55 Å². The zero-order valence-electron chi connectivity index (χ0n) is 10.8. The standard InChI is InChI=1S/C15H14FN3/c1-10-8-11(5-6-12(10)16)15-18-13(9-17)14-4-2-3-7-19(14)15/h5-6,8H,2-4,7H2,1H3. The van der Waals surface area contributed by atoms with Crippen molar-refractivity contribution in [3.05, 3.63) is 41.0 Å². The molecule has 1 aliphatic heterocycles. The predicted octanol–water partition coefficient (Wildman–Crippen LogP) is 3.21. The minimum absolute atomic E-state index is 0.213. The van der Waals surface area contributed by atoms with E-state index in [0.29, 0.717) is 11.3 Å². The van der Waals surface area contributed by atoms with Gasteiger partial charge in [0.1, 0.15) is 17.7 Å². The lowest BCUT2D eigenvalue weighted by Gasteiger charge is -2.16. The van der Waals surface area contributed by atoms with Gasteiger partial charge in [-0.1, -0.05) is 0 Å². The van der Waals surface area contributed by atoms with Gasteiger partial charge in [-0.15, -0.1) is 0 Å². The summed E-state index contributed by atoms with van der Waals surface area (Å²) in [6, 6.07) is 7.15. The first-order chi connectivity index (χ1) is 9.20. The van der Waals surface area contributed by atoms with Crippen molar-refractivity contribution >= 4 is 0 Å². The fraction of sp³-hybridized carbons (Fsp3) is 0.333. The van der Waals surface area contributed by atoms with Gasteiger partial charge in [-0.3, -0.25) is 0 Å². The van der Waals surface area contributed by atoms with Gasteiger partial charge in [-0.25, -0.2) is 9.37 Å². The van der Waals surface area contributed by atoms with Gasteiger partial charge in [-0.05, 0) is 49.9 Å². The summed E-state index contributed by atoms with van der Waals surface area (Å²) in [6.07, 6.45) is 3.10. The zero-order chi connectivity index (χ0) is 13.4. The molecule has 0 atom stereocenters. The summed E-state index contributed by atoms with van der Waals surface area (Å²) in [5, 5.41) is 9.17. The maximum Gasteiger partial charge on any atom is 0.162 e. The Bertz CT molecular complexity index is 679. The number of aryl methyl sites for hydroxylation is 1. The van der Waals surface area contributed by atoms with Crippen LogP contribution in [-0.4, -0.2) is 9.55 Å². The largest absolute Gasteiger partial charge is 0.327 e. The van der Waals surface area contributed by atoms with Crippen molar-refractivity contribution in [2.24, 2.45) is 0 Å². The highest BCUT2D eigenvalue weighted by Gasteiger charge is 2.20. The monoisotopic (exact) mass is 255 g/mol. The number of hydrogen-bond acceptors (Lipinski definition) is 2. The van der Waals surface area contributed by atoms with Gasteiger partial charge in [0.2, 0.25) is 0 Å². The fourth-order valence-electron chi connectivity index (χ4n) is 2.64. The zero-order valence-corrected chi connectivity index (χ0v) is 10.8. The second kappa shape index (κ2) is 4.51. The third-order valence-corrected chi connectivity index (χ3v) is 3.64. The van der Waals surface area contributed by atoms with Crippen LogP contribution in [0.3, 0.4) is 0 Å². The summed E-state index contributed by atoms with van der Waals surface area (Å²) in [6.45, 7) is 2.62. The average molecular weight is 255 g/mol. The molecule has 0 unspecified atom stereocenters. The van der Waals surface area contributed by atoms with Gasteiger partial charge in [0.25, 0.3) is 0 Å². The number of imidazole rings is 1. The van der Waals surface area contributed by atoms with Crippen LogP contribution in [0.25, 0.3) is 11.4 Å². The average Bonchev–Trinajstić information content (AvgIpc) is 2.81. The van der Waals surface area contributed by atoms with Crippen molar-refractivity contribution in [3.63, 3.8) is 0 Å². The summed E-state index contributed by atoms with van der Waals surface area (Å²) < 4.78 is 15.5. The Morgan fingerprint density at radius 1 is 1.37 bits per heavy atom. The van der Waals surface area contributed by atoms with Crippen molar-refractivity contribution in [2.75, 3.05) is 0 Å². The second-order valence-corrected chi connectivity index (χ2v) is 4.92. The van der Waals surface area contributed by atoms with E-state index in [1.54, 1.807) is 19.1 Å². The van der Waals surface area contributed by atoms with Crippen LogP contribution >= 0.6 is 0 Å². The van der Waals surface area contributed by atoms with Crippen molar-refractivity contribution in [3.8, 4) is 17.5 Å². The second-order valence-electron chi connectivity index (χ2n) is 4.92. The molecule has 0 spiro atoms. The molecule has 2 heterocycles. The number of halogens is 1. The lowest BCUT2D eigenvalue weighted by Crippen LogP contribution is -2.11. The van der Waals surface area contributed by atoms with E-state index >= 15 is 0 Å². The molecule has 0 bridgehead atoms. The number of nitriles is 1. The fourth-order valence-corrected chi connectivity index (χ4v) is 2.64. The molecule has 1 aromatic heterocycles. The van der Waals surface area contributed by atoms with E-state index < -0.39 is 0 Å². The van der Waals surface area contributed by atoms with Gasteiger partial charge in [0.15, 0.2) is 5.69 Å². The lowest BCUT2D eigenvalue weighted by atomic mass is 10.1. The third kappa shape index (κ3) is 1.91. The van der Waals surface area contributed by atoms with Crippen LogP contribution in [0.4, 0.5) is 4.39 Å². The Morgan fingerprint density at radius 2 is 2.21 bits per heavy atom. The van der Waals surface area contributed by atoms with Crippen molar-refractivity contribution in [2.45, 2.75) is 32.7 Å². The van der Waals surface area contributed by atoms with Crippen LogP contribution in [0.2, 0.25) is 0 Å². The molecule has 0 N–H and O–H groups in total. The van der Waals surface area contributed by atoms with Gasteiger partial charge in [-0.2, -0.15) is 5.26 Å². The molecule has 0 saturated heterocycles. The smallest absolute Gasteiger partial charge is 0.162 e. The van der Waals surface area contributed by atoms with E-state index in [2.05, 4.69) is 15.6 Å². The highest BCUT2D eigenvalue weighted by atomic mass is 19.1. The molecule has 0 saturated carbocycles. The molecule has 4 heteroatoms. The Labute approximate surface area is 111 Å². The molecule has 0 radical (unpaired) electrons. The van der Waals surface area contributed by atoms with Gasteiger partial charge in [0.05, 0.1) is 5.69 Å². The Balaban J connectivity index is 2.17. The molecular weight excluding hydrogens is 241 g/mol. The molecule has 0 fully saturated rings. The van der Waals surface area contributed by atoms with E-state index in [4.69, 9.17) is 5.26 Å². The predicted molar refractivity (Wildman–Crippen MR) is 70.0 cm³/mol. The maximum atomic E-state index is 13.3. The van der Waals surface area contributed by atoms with Crippen LogP contribution in [0, 0.1) is 24.1 Å². The maximum absolute atomic E-state index is 13.3. The van der Waals surface area contributed by atoms with E-state index in [1.165, 1.54) is 6.07 Å². The highest BCUT2D eigenvalue weighted by Crippen LogP contribution is 2.28. The van der Waals surface area contributed by atoms with E-state index in [-0.39, 0.29) is 5.82 Å². The molecule has 0 aliphatic carbocycles. The first-order valence-corrected chi connectivity index (χ1v) is 6.46. The third-order valence-electron chi connectivity index (χ3n) is 3.64. The van der Waals surface area contributed by atoms with Crippen LogP contribution in [0.15, 0.2) is 18.2 Å². The van der Waals surface area contributed by atoms with E-state index in [1.807, 2.05) is 0 Å². The van der Waals surface area contributed by atoms with Crippen LogP contribution in [-0.2, 0) is 13.0 Å². The van der Waals surface area contributed by atoms with E-state index in [9.17, 15) is 4.39 Å². The Kier molecular flexibility index (Phi) is 2.83. The topological polar surface area (TPSA) is 41.6 Å². The summed E-state index contributed by atoms with van der Waals surface area (Å²) in [5.41, 5.74) is 3.01. The molecule has 1 aromatic carbocycles. The van der Waals surface area contributed by atoms with Gasteiger partial charge in [0, 0.05) is 12.1 Å². The minimum atomic E-state index is -0.213. The number of nitrogens with zero attached hydrogens (tertiary/aromatic N) is 3. The summed E-state index contributed by atoms with van der Waals surface area (Å²) in [4.78, 5) is 4.43. The molecule has 0 amide bonds. The molecule has 3 nitrogen and oxygen atoms in total. The summed E-state index contributed by atoms with van der Waals surface area (Å²) >= 11 is 0. The van der Waals surface area contributed by atoms with Crippen molar-refractivity contribution in [1.29, 1.82) is 5.26 Å². The molecule has 2 aromatic rings. The molecular formula is C15H14FN3. The van der Waals surface area contributed by atoms with Crippen molar-refractivity contribution < 1.29 is 4.39 Å². The quantitative estimate of drug-likeness (QED) is 0.785. The first-order valence-electron chi connectivity index (χ1n) is 6.46. The Morgan fingerprint density at radius 3 is 2.95 bits per heavy atom. The van der Waals surface area contributed by atoms with Gasteiger partial charge >= 0.3 is 0 Å². The molecule has 1 aliphatic rings. The first kappa shape index (κ1) is 11.9. The van der Waals surface area contributed by atoms with Crippen LogP contribution < -0.4 is 0 Å². The molecule has 19 heavy (non-hydrogen) atoms. The molecule has 3 rings (SSSR count). The van der Waals surface area contributed by atoms with Gasteiger partial charge < -0.3 is 4.57 Å². The number of aromatic nitrogens is 2. The Hall–Kier alpha value is -2.15. The molecule has 96 valence electrons. The minimum Gasteiger partial charge on any atom is -0.327 e. The normalized spacial score (nSPS) is 13.9. The summed E-state index contributed by atoms with van der Waals surface area (Å²) in [5.74, 6) is 0.573. The number of fused-ring (bicyclic) bond motifs is 1. The number of hydrogen-bond donors (Lipinski definition) is 0. The van der Waals surface area contributed by atoms with Crippen LogP contribution in [0.5, 0.6) is 0 Å². The van der Waals surface area contributed by atoms with E-state index in [0.717, 1.165) is 42.9 Å². The SMILES string of the molecule is Cc1cc(-c2nc(C#N)c3n2CCCC3)ccc1F. The highest BCUT2D eigenvalue weighted by molar-refractivity contribution is 5.59. The summed E-state index contributed by atoms with van der Waals surface area (Å²) in [7, 11) is 0. The number of benzene rings is 1. The lowest BCUT2D eigenvalue weighted by molar-refractivity contribution is 0.535. The number of rotatable bonds is 1. The van der Waals surface area contributed by atoms with Crippen LogP contribution in [0.1, 0.15) is 29.8 Å².